The van der Waals surface area contributed by atoms with Gasteiger partial charge in [0, 0.05) is 24.5 Å². The lowest BCUT2D eigenvalue weighted by Gasteiger charge is -2.32. The predicted molar refractivity (Wildman–Crippen MR) is 84.9 cm³/mol. The van der Waals surface area contributed by atoms with Crippen LogP contribution in [-0.4, -0.2) is 32.0 Å². The fourth-order valence-electron chi connectivity index (χ4n) is 2.50. The molecule has 1 aromatic rings. The molecule has 20 heavy (non-hydrogen) atoms. The van der Waals surface area contributed by atoms with Gasteiger partial charge in [0.25, 0.3) is 0 Å². The summed E-state index contributed by atoms with van der Waals surface area (Å²) in [7, 11) is -3.08. The maximum atomic E-state index is 12.2. The predicted octanol–water partition coefficient (Wildman–Crippen LogP) is 2.23. The van der Waals surface area contributed by atoms with E-state index in [0.29, 0.717) is 6.54 Å². The topological polar surface area (TPSA) is 63.4 Å². The first-order chi connectivity index (χ1) is 9.22. The second-order valence-electron chi connectivity index (χ2n) is 6.37. The average Bonchev–Trinajstić information content (AvgIpc) is 2.35. The Bertz CT molecular complexity index is 588. The normalized spacial score (nSPS) is 16.1. The number of fused-ring (bicyclic) bond motifs is 1. The van der Waals surface area contributed by atoms with Gasteiger partial charge in [-0.3, -0.25) is 0 Å². The van der Waals surface area contributed by atoms with Crippen LogP contribution in [0.1, 0.15) is 32.8 Å². The van der Waals surface area contributed by atoms with Gasteiger partial charge in [-0.1, -0.05) is 6.07 Å². The largest absolute Gasteiger partial charge is 0.398 e. The standard InChI is InChI=1S/C15H24N2O2S/c1-15(2,3)20(18,19)11-10-17-9-5-6-12-13(16)7-4-8-14(12)17/h4,7-8H,5-6,9-11,16H2,1-3H3. The van der Waals surface area contributed by atoms with E-state index in [4.69, 9.17) is 5.73 Å². The van der Waals surface area contributed by atoms with Crippen LogP contribution in [-0.2, 0) is 16.3 Å². The molecule has 4 nitrogen and oxygen atoms in total. The van der Waals surface area contributed by atoms with Crippen molar-refractivity contribution in [2.45, 2.75) is 38.4 Å². The van der Waals surface area contributed by atoms with Crippen LogP contribution in [0.4, 0.5) is 11.4 Å². The fraction of sp³-hybridized carbons (Fsp3) is 0.600. The van der Waals surface area contributed by atoms with Crippen molar-refractivity contribution >= 4 is 21.2 Å². The molecular formula is C15H24N2O2S. The molecule has 0 unspecified atom stereocenters. The van der Waals surface area contributed by atoms with Gasteiger partial charge in [-0.05, 0) is 51.3 Å². The maximum absolute atomic E-state index is 12.2. The van der Waals surface area contributed by atoms with Gasteiger partial charge in [0.1, 0.15) is 0 Å². The minimum Gasteiger partial charge on any atom is -0.398 e. The number of nitrogens with zero attached hydrogens (tertiary/aromatic N) is 1. The van der Waals surface area contributed by atoms with Crippen LogP contribution in [0.15, 0.2) is 18.2 Å². The Hall–Kier alpha value is -1.23. The van der Waals surface area contributed by atoms with Crippen LogP contribution in [0, 0.1) is 0 Å². The van der Waals surface area contributed by atoms with Gasteiger partial charge in [0.05, 0.1) is 10.5 Å². The van der Waals surface area contributed by atoms with E-state index in [-0.39, 0.29) is 5.75 Å². The summed E-state index contributed by atoms with van der Waals surface area (Å²) in [4.78, 5) is 2.15. The number of nitrogen functional groups attached to an aromatic ring is 1. The quantitative estimate of drug-likeness (QED) is 0.869. The molecule has 0 saturated heterocycles. The zero-order chi connectivity index (χ0) is 15.0. The van der Waals surface area contributed by atoms with E-state index in [0.717, 1.165) is 36.3 Å². The average molecular weight is 296 g/mol. The van der Waals surface area contributed by atoms with Crippen LogP contribution in [0.25, 0.3) is 0 Å². The molecule has 112 valence electrons. The molecule has 0 bridgehead atoms. The molecule has 0 spiro atoms. The highest BCUT2D eigenvalue weighted by Gasteiger charge is 2.29. The van der Waals surface area contributed by atoms with Crippen molar-refractivity contribution in [1.82, 2.24) is 0 Å². The molecule has 2 rings (SSSR count). The highest BCUT2D eigenvalue weighted by Crippen LogP contribution is 2.31. The first kappa shape index (κ1) is 15.2. The van der Waals surface area contributed by atoms with Gasteiger partial charge in [-0.15, -0.1) is 0 Å². The van der Waals surface area contributed by atoms with Gasteiger partial charge in [-0.25, -0.2) is 8.42 Å². The van der Waals surface area contributed by atoms with E-state index in [2.05, 4.69) is 4.90 Å². The molecule has 0 aromatic heterocycles. The minimum absolute atomic E-state index is 0.185. The second-order valence-corrected chi connectivity index (χ2v) is 9.23. The van der Waals surface area contributed by atoms with Crippen LogP contribution in [0.3, 0.4) is 0 Å². The Balaban J connectivity index is 2.16. The van der Waals surface area contributed by atoms with E-state index < -0.39 is 14.6 Å². The smallest absolute Gasteiger partial charge is 0.156 e. The number of sulfone groups is 1. The first-order valence-electron chi connectivity index (χ1n) is 7.07. The van der Waals surface area contributed by atoms with Crippen molar-refractivity contribution in [2.75, 3.05) is 29.5 Å². The Labute approximate surface area is 121 Å². The Morgan fingerprint density at radius 3 is 2.65 bits per heavy atom. The highest BCUT2D eigenvalue weighted by atomic mass is 32.2. The number of nitrogens with two attached hydrogens (primary N) is 1. The van der Waals surface area contributed by atoms with Gasteiger partial charge in [-0.2, -0.15) is 0 Å². The van der Waals surface area contributed by atoms with Gasteiger partial charge in [0.15, 0.2) is 9.84 Å². The number of hydrogen-bond donors (Lipinski definition) is 1. The molecule has 1 heterocycles. The fourth-order valence-corrected chi connectivity index (χ4v) is 3.57. The van der Waals surface area contributed by atoms with E-state index in [1.807, 2.05) is 18.2 Å². The SMILES string of the molecule is CC(C)(C)S(=O)(=O)CCN1CCCc2c(N)cccc21. The Kier molecular flexibility index (Phi) is 4.00. The van der Waals surface area contributed by atoms with E-state index in [1.54, 1.807) is 20.8 Å². The summed E-state index contributed by atoms with van der Waals surface area (Å²) in [6.45, 7) is 6.70. The van der Waals surface area contributed by atoms with Crippen molar-refractivity contribution in [3.8, 4) is 0 Å². The van der Waals surface area contributed by atoms with E-state index in [1.165, 1.54) is 0 Å². The highest BCUT2D eigenvalue weighted by molar-refractivity contribution is 7.92. The number of anilines is 2. The van der Waals surface area contributed by atoms with Gasteiger partial charge >= 0.3 is 0 Å². The molecule has 0 saturated carbocycles. The summed E-state index contributed by atoms with van der Waals surface area (Å²) >= 11 is 0. The summed E-state index contributed by atoms with van der Waals surface area (Å²) in [6.07, 6.45) is 2.00. The molecule has 1 aliphatic rings. The first-order valence-corrected chi connectivity index (χ1v) is 8.72. The van der Waals surface area contributed by atoms with Gasteiger partial charge in [0.2, 0.25) is 0 Å². The zero-order valence-electron chi connectivity index (χ0n) is 12.5. The molecule has 0 fully saturated rings. The molecule has 1 aromatic carbocycles. The number of rotatable bonds is 3. The van der Waals surface area contributed by atoms with E-state index in [9.17, 15) is 8.42 Å². The van der Waals surface area contributed by atoms with Crippen molar-refractivity contribution in [2.24, 2.45) is 0 Å². The lowest BCUT2D eigenvalue weighted by atomic mass is 10.00. The molecule has 0 atom stereocenters. The third-order valence-electron chi connectivity index (χ3n) is 3.95. The molecule has 0 radical (unpaired) electrons. The monoisotopic (exact) mass is 296 g/mol. The zero-order valence-corrected chi connectivity index (χ0v) is 13.3. The summed E-state index contributed by atoms with van der Waals surface area (Å²) in [5.74, 6) is 0.185. The van der Waals surface area contributed by atoms with Crippen molar-refractivity contribution in [1.29, 1.82) is 0 Å². The Morgan fingerprint density at radius 2 is 2.00 bits per heavy atom. The summed E-state index contributed by atoms with van der Waals surface area (Å²) in [5, 5.41) is 0. The molecule has 0 amide bonds. The molecule has 5 heteroatoms. The lowest BCUT2D eigenvalue weighted by molar-refractivity contribution is 0.558. The lowest BCUT2D eigenvalue weighted by Crippen LogP contribution is -2.38. The number of hydrogen-bond acceptors (Lipinski definition) is 4. The molecule has 2 N–H and O–H groups in total. The third-order valence-corrected chi connectivity index (χ3v) is 6.53. The minimum atomic E-state index is -3.08. The van der Waals surface area contributed by atoms with Crippen LogP contribution >= 0.6 is 0 Å². The van der Waals surface area contributed by atoms with E-state index >= 15 is 0 Å². The second kappa shape index (κ2) is 5.28. The Morgan fingerprint density at radius 1 is 1.30 bits per heavy atom. The molecule has 0 aliphatic carbocycles. The maximum Gasteiger partial charge on any atom is 0.156 e. The van der Waals surface area contributed by atoms with Gasteiger partial charge < -0.3 is 10.6 Å². The molecular weight excluding hydrogens is 272 g/mol. The van der Waals surface area contributed by atoms with Crippen molar-refractivity contribution in [3.05, 3.63) is 23.8 Å². The summed E-state index contributed by atoms with van der Waals surface area (Å²) < 4.78 is 23.8. The summed E-state index contributed by atoms with van der Waals surface area (Å²) in [6, 6.07) is 5.88. The van der Waals surface area contributed by atoms with Crippen molar-refractivity contribution < 1.29 is 8.42 Å². The molecule has 1 aliphatic heterocycles. The third kappa shape index (κ3) is 2.92. The summed E-state index contributed by atoms with van der Waals surface area (Å²) in [5.41, 5.74) is 9.08. The van der Waals surface area contributed by atoms with Crippen LogP contribution < -0.4 is 10.6 Å². The van der Waals surface area contributed by atoms with Crippen molar-refractivity contribution in [3.63, 3.8) is 0 Å². The van der Waals surface area contributed by atoms with Crippen LogP contribution in [0.2, 0.25) is 0 Å². The van der Waals surface area contributed by atoms with Crippen LogP contribution in [0.5, 0.6) is 0 Å². The number of benzene rings is 1.